The SMILES string of the molecule is COc1ccc(-c2ccc(OC)c3[nH]c(NC(=O)c4ccc(C(=O)N(C)C)cc4)nc23)c(OC)n1. The molecule has 0 spiro atoms. The van der Waals surface area contributed by atoms with Gasteiger partial charge in [-0.15, -0.1) is 0 Å². The molecule has 180 valence electrons. The minimum absolute atomic E-state index is 0.141. The van der Waals surface area contributed by atoms with Crippen LogP contribution in [0.1, 0.15) is 20.7 Å². The lowest BCUT2D eigenvalue weighted by molar-refractivity contribution is 0.0827. The van der Waals surface area contributed by atoms with E-state index in [1.54, 1.807) is 57.6 Å². The van der Waals surface area contributed by atoms with E-state index in [1.807, 2.05) is 12.1 Å². The first-order valence-electron chi connectivity index (χ1n) is 10.7. The second-order valence-corrected chi connectivity index (χ2v) is 7.77. The fourth-order valence-corrected chi connectivity index (χ4v) is 3.61. The first kappa shape index (κ1) is 23.6. The number of nitrogens with zero attached hydrogens (tertiary/aromatic N) is 3. The van der Waals surface area contributed by atoms with Crippen LogP contribution in [0.3, 0.4) is 0 Å². The van der Waals surface area contributed by atoms with Crippen LogP contribution in [0.25, 0.3) is 22.2 Å². The van der Waals surface area contributed by atoms with Crippen LogP contribution in [0, 0.1) is 0 Å². The van der Waals surface area contributed by atoms with Gasteiger partial charge in [-0.3, -0.25) is 14.9 Å². The van der Waals surface area contributed by atoms with Crippen molar-refractivity contribution in [2.24, 2.45) is 0 Å². The molecule has 2 heterocycles. The van der Waals surface area contributed by atoms with E-state index in [9.17, 15) is 9.59 Å². The van der Waals surface area contributed by atoms with Crippen LogP contribution in [0.15, 0.2) is 48.5 Å². The van der Waals surface area contributed by atoms with Gasteiger partial charge >= 0.3 is 0 Å². The molecule has 10 nitrogen and oxygen atoms in total. The van der Waals surface area contributed by atoms with Gasteiger partial charge in [0.1, 0.15) is 16.8 Å². The second-order valence-electron chi connectivity index (χ2n) is 7.77. The summed E-state index contributed by atoms with van der Waals surface area (Å²) in [6, 6.07) is 13.6. The number of H-pyrrole nitrogens is 1. The summed E-state index contributed by atoms with van der Waals surface area (Å²) < 4.78 is 16.1. The average Bonchev–Trinajstić information content (AvgIpc) is 3.30. The molecule has 2 amide bonds. The van der Waals surface area contributed by atoms with E-state index >= 15 is 0 Å². The van der Waals surface area contributed by atoms with E-state index < -0.39 is 0 Å². The molecular weight excluding hydrogens is 450 g/mol. The number of rotatable bonds is 7. The van der Waals surface area contributed by atoms with Gasteiger partial charge in [-0.2, -0.15) is 4.98 Å². The Morgan fingerprint density at radius 3 is 2.14 bits per heavy atom. The molecule has 2 aromatic heterocycles. The third-order valence-corrected chi connectivity index (χ3v) is 5.39. The van der Waals surface area contributed by atoms with Crippen LogP contribution in [-0.2, 0) is 0 Å². The Balaban J connectivity index is 1.69. The zero-order valence-electron chi connectivity index (χ0n) is 20.0. The number of ether oxygens (including phenoxy) is 3. The number of amides is 2. The topological polar surface area (TPSA) is 119 Å². The highest BCUT2D eigenvalue weighted by Gasteiger charge is 2.19. The number of hydrogen-bond acceptors (Lipinski definition) is 7. The Morgan fingerprint density at radius 1 is 0.829 bits per heavy atom. The van der Waals surface area contributed by atoms with Crippen molar-refractivity contribution in [2.45, 2.75) is 0 Å². The van der Waals surface area contributed by atoms with Crippen LogP contribution in [-0.4, -0.2) is 67.1 Å². The molecular formula is C25H25N5O5. The lowest BCUT2D eigenvalue weighted by atomic mass is 10.0. The zero-order valence-corrected chi connectivity index (χ0v) is 20.0. The minimum Gasteiger partial charge on any atom is -0.494 e. The van der Waals surface area contributed by atoms with E-state index in [0.717, 1.165) is 5.56 Å². The van der Waals surface area contributed by atoms with Crippen LogP contribution in [0.5, 0.6) is 17.5 Å². The molecule has 0 fully saturated rings. The number of anilines is 1. The van der Waals surface area contributed by atoms with Crippen molar-refractivity contribution in [1.29, 1.82) is 0 Å². The maximum absolute atomic E-state index is 12.8. The highest BCUT2D eigenvalue weighted by molar-refractivity contribution is 6.06. The standard InChI is InChI=1S/C25H25N5O5/c1-30(2)24(32)15-8-6-14(7-9-15)22(31)29-25-27-20-16(10-12-18(33-3)21(20)28-25)17-11-13-19(34-4)26-23(17)35-5/h6-13H,1-5H3,(H2,27,28,29,31). The molecule has 2 N–H and O–H groups in total. The van der Waals surface area contributed by atoms with E-state index in [-0.39, 0.29) is 17.8 Å². The molecule has 0 aliphatic carbocycles. The summed E-state index contributed by atoms with van der Waals surface area (Å²) in [4.78, 5) is 38.5. The summed E-state index contributed by atoms with van der Waals surface area (Å²) in [6.45, 7) is 0. The first-order chi connectivity index (χ1) is 16.9. The monoisotopic (exact) mass is 475 g/mol. The third-order valence-electron chi connectivity index (χ3n) is 5.39. The summed E-state index contributed by atoms with van der Waals surface area (Å²) in [6.07, 6.45) is 0. The fourth-order valence-electron chi connectivity index (χ4n) is 3.61. The number of methoxy groups -OCH3 is 3. The van der Waals surface area contributed by atoms with Crippen molar-refractivity contribution in [3.63, 3.8) is 0 Å². The average molecular weight is 476 g/mol. The van der Waals surface area contributed by atoms with Gasteiger partial charge in [0.15, 0.2) is 0 Å². The number of aromatic amines is 1. The van der Waals surface area contributed by atoms with Gasteiger partial charge in [0, 0.05) is 42.4 Å². The van der Waals surface area contributed by atoms with E-state index in [2.05, 4.69) is 20.3 Å². The third kappa shape index (κ3) is 4.58. The minimum atomic E-state index is -0.378. The Morgan fingerprint density at radius 2 is 1.51 bits per heavy atom. The highest BCUT2D eigenvalue weighted by Crippen LogP contribution is 2.38. The summed E-state index contributed by atoms with van der Waals surface area (Å²) in [7, 11) is 7.96. The van der Waals surface area contributed by atoms with Gasteiger partial charge in [0.05, 0.1) is 21.3 Å². The summed E-state index contributed by atoms with van der Waals surface area (Å²) in [5.74, 6) is 1.07. The van der Waals surface area contributed by atoms with Crippen LogP contribution in [0.2, 0.25) is 0 Å². The molecule has 0 bridgehead atoms. The van der Waals surface area contributed by atoms with Crippen LogP contribution in [0.4, 0.5) is 5.95 Å². The summed E-state index contributed by atoms with van der Waals surface area (Å²) in [5.41, 5.74) is 3.48. The lowest BCUT2D eigenvalue weighted by Crippen LogP contribution is -2.21. The largest absolute Gasteiger partial charge is 0.494 e. The van der Waals surface area contributed by atoms with Crippen molar-refractivity contribution in [1.82, 2.24) is 19.9 Å². The molecule has 0 atom stereocenters. The van der Waals surface area contributed by atoms with Crippen molar-refractivity contribution >= 4 is 28.8 Å². The van der Waals surface area contributed by atoms with Crippen LogP contribution >= 0.6 is 0 Å². The number of fused-ring (bicyclic) bond motifs is 1. The van der Waals surface area contributed by atoms with Crippen molar-refractivity contribution in [2.75, 3.05) is 40.7 Å². The molecule has 0 radical (unpaired) electrons. The Kier molecular flexibility index (Phi) is 6.54. The normalized spacial score (nSPS) is 10.7. The molecule has 4 aromatic rings. The van der Waals surface area contributed by atoms with Crippen molar-refractivity contribution < 1.29 is 23.8 Å². The second kappa shape index (κ2) is 9.72. The van der Waals surface area contributed by atoms with Gasteiger partial charge < -0.3 is 24.1 Å². The molecule has 0 aliphatic rings. The van der Waals surface area contributed by atoms with E-state index in [4.69, 9.17) is 14.2 Å². The zero-order chi connectivity index (χ0) is 25.1. The molecule has 4 rings (SSSR count). The lowest BCUT2D eigenvalue weighted by Gasteiger charge is -2.10. The molecule has 0 aliphatic heterocycles. The number of carbonyl (C=O) groups is 2. The van der Waals surface area contributed by atoms with E-state index in [0.29, 0.717) is 45.2 Å². The molecule has 10 heteroatoms. The summed E-state index contributed by atoms with van der Waals surface area (Å²) >= 11 is 0. The number of aromatic nitrogens is 3. The smallest absolute Gasteiger partial charge is 0.257 e. The summed E-state index contributed by atoms with van der Waals surface area (Å²) in [5, 5.41) is 2.77. The van der Waals surface area contributed by atoms with Gasteiger partial charge in [-0.25, -0.2) is 4.98 Å². The molecule has 35 heavy (non-hydrogen) atoms. The fraction of sp³-hybridized carbons (Fsp3) is 0.200. The number of imidazole rings is 1. The number of carbonyl (C=O) groups excluding carboxylic acids is 2. The molecule has 0 saturated carbocycles. The Labute approximate surface area is 201 Å². The number of nitrogens with one attached hydrogen (secondary N) is 2. The Bertz CT molecular complexity index is 1400. The number of pyridine rings is 1. The quantitative estimate of drug-likeness (QED) is 0.419. The number of benzene rings is 2. The van der Waals surface area contributed by atoms with Crippen molar-refractivity contribution in [3.05, 3.63) is 59.7 Å². The predicted molar refractivity (Wildman–Crippen MR) is 131 cm³/mol. The number of hydrogen-bond donors (Lipinski definition) is 2. The Hall–Kier alpha value is -4.60. The molecule has 2 aromatic carbocycles. The van der Waals surface area contributed by atoms with Crippen LogP contribution < -0.4 is 19.5 Å². The predicted octanol–water partition coefficient (Wildman–Crippen LogP) is 3.60. The maximum atomic E-state index is 12.8. The molecule has 0 saturated heterocycles. The van der Waals surface area contributed by atoms with Gasteiger partial charge in [0.2, 0.25) is 17.7 Å². The van der Waals surface area contributed by atoms with Crippen molar-refractivity contribution in [3.8, 4) is 28.6 Å². The molecule has 0 unspecified atom stereocenters. The van der Waals surface area contributed by atoms with Gasteiger partial charge in [-0.1, -0.05) is 0 Å². The van der Waals surface area contributed by atoms with E-state index in [1.165, 1.54) is 19.1 Å². The van der Waals surface area contributed by atoms with Gasteiger partial charge in [-0.05, 0) is 42.5 Å². The van der Waals surface area contributed by atoms with Gasteiger partial charge in [0.25, 0.3) is 11.8 Å². The highest BCUT2D eigenvalue weighted by atomic mass is 16.5. The first-order valence-corrected chi connectivity index (χ1v) is 10.7. The maximum Gasteiger partial charge on any atom is 0.257 e.